The molecule has 0 heterocycles. The number of aliphatic hydroxyl groups excluding tert-OH is 1. The Bertz CT molecular complexity index is 607. The van der Waals surface area contributed by atoms with E-state index in [9.17, 15) is 9.50 Å². The van der Waals surface area contributed by atoms with E-state index in [1.54, 1.807) is 12.1 Å². The summed E-state index contributed by atoms with van der Waals surface area (Å²) in [6.45, 7) is 0.239. The van der Waals surface area contributed by atoms with Crippen LogP contribution in [0.3, 0.4) is 0 Å². The first-order valence-electron chi connectivity index (χ1n) is 5.80. The Morgan fingerprint density at radius 1 is 1.10 bits per heavy atom. The molecule has 20 heavy (non-hydrogen) atoms. The molecule has 2 nitrogen and oxygen atoms in total. The van der Waals surface area contributed by atoms with Crippen LogP contribution in [0.5, 0.6) is 0 Å². The van der Waals surface area contributed by atoms with Crippen LogP contribution >= 0.6 is 39.1 Å². The molecule has 1 atom stereocenters. The van der Waals surface area contributed by atoms with Gasteiger partial charge in [0.2, 0.25) is 0 Å². The molecule has 0 aliphatic carbocycles. The van der Waals surface area contributed by atoms with Crippen LogP contribution in [0.1, 0.15) is 11.7 Å². The molecule has 0 saturated heterocycles. The lowest BCUT2D eigenvalue weighted by Crippen LogP contribution is -2.12. The molecule has 106 valence electrons. The van der Waals surface area contributed by atoms with Crippen molar-refractivity contribution in [1.82, 2.24) is 0 Å². The van der Waals surface area contributed by atoms with Gasteiger partial charge in [0.25, 0.3) is 0 Å². The number of hydrogen-bond donors (Lipinski definition) is 2. The molecule has 0 aromatic heterocycles. The summed E-state index contributed by atoms with van der Waals surface area (Å²) in [5.41, 5.74) is 1.25. The third kappa shape index (κ3) is 3.64. The lowest BCUT2D eigenvalue weighted by molar-refractivity contribution is 0.191. The molecule has 0 bridgehead atoms. The third-order valence-electron chi connectivity index (χ3n) is 2.78. The van der Waals surface area contributed by atoms with Gasteiger partial charge in [-0.2, -0.15) is 0 Å². The molecule has 0 amide bonds. The fourth-order valence-electron chi connectivity index (χ4n) is 1.67. The average Bonchev–Trinajstić information content (AvgIpc) is 2.44. The maximum Gasteiger partial charge on any atom is 0.123 e. The zero-order chi connectivity index (χ0) is 14.7. The average molecular weight is 379 g/mol. The monoisotopic (exact) mass is 377 g/mol. The molecule has 2 aromatic rings. The van der Waals surface area contributed by atoms with E-state index in [0.717, 1.165) is 0 Å². The molecule has 0 aliphatic rings. The molecule has 0 radical (unpaired) electrons. The standard InChI is InChI=1S/C14H11BrCl2FNO/c15-10-5-6-11(14(17)13(10)16)19-7-12(20)8-1-3-9(18)4-2-8/h1-6,12,19-20H,7H2. The maximum atomic E-state index is 12.8. The Hall–Kier alpha value is -0.810. The van der Waals surface area contributed by atoms with Crippen LogP contribution in [-0.2, 0) is 0 Å². The fourth-order valence-corrected chi connectivity index (χ4v) is 2.51. The summed E-state index contributed by atoms with van der Waals surface area (Å²) in [4.78, 5) is 0. The van der Waals surface area contributed by atoms with E-state index in [-0.39, 0.29) is 12.4 Å². The second-order valence-corrected chi connectivity index (χ2v) is 5.78. The van der Waals surface area contributed by atoms with Gasteiger partial charge >= 0.3 is 0 Å². The normalized spacial score (nSPS) is 12.2. The minimum absolute atomic E-state index is 0.239. The minimum atomic E-state index is -0.769. The van der Waals surface area contributed by atoms with Crippen molar-refractivity contribution in [3.05, 3.63) is 62.3 Å². The number of benzene rings is 2. The summed E-state index contributed by atoms with van der Waals surface area (Å²) in [5, 5.41) is 13.8. The molecular formula is C14H11BrCl2FNO. The highest BCUT2D eigenvalue weighted by molar-refractivity contribution is 9.10. The molecule has 0 fully saturated rings. The summed E-state index contributed by atoms with van der Waals surface area (Å²) in [5.74, 6) is -0.336. The van der Waals surface area contributed by atoms with Crippen LogP contribution in [0, 0.1) is 5.82 Å². The maximum absolute atomic E-state index is 12.8. The molecule has 0 saturated carbocycles. The van der Waals surface area contributed by atoms with Crippen molar-refractivity contribution in [2.24, 2.45) is 0 Å². The van der Waals surface area contributed by atoms with E-state index in [1.165, 1.54) is 24.3 Å². The van der Waals surface area contributed by atoms with Gasteiger partial charge < -0.3 is 10.4 Å². The number of rotatable bonds is 4. The van der Waals surface area contributed by atoms with E-state index < -0.39 is 6.10 Å². The molecule has 0 aliphatic heterocycles. The van der Waals surface area contributed by atoms with E-state index in [4.69, 9.17) is 23.2 Å². The van der Waals surface area contributed by atoms with Gasteiger partial charge in [-0.25, -0.2) is 4.39 Å². The number of nitrogens with one attached hydrogen (secondary N) is 1. The lowest BCUT2D eigenvalue weighted by atomic mass is 10.1. The first-order valence-corrected chi connectivity index (χ1v) is 7.35. The van der Waals surface area contributed by atoms with Crippen LogP contribution in [0.4, 0.5) is 10.1 Å². The van der Waals surface area contributed by atoms with Gasteiger partial charge in [-0.3, -0.25) is 0 Å². The van der Waals surface area contributed by atoms with Crippen LogP contribution < -0.4 is 5.32 Å². The number of halogens is 4. The smallest absolute Gasteiger partial charge is 0.123 e. The summed E-state index contributed by atoms with van der Waals surface area (Å²) < 4.78 is 13.5. The first-order chi connectivity index (χ1) is 9.49. The van der Waals surface area contributed by atoms with Crippen molar-refractivity contribution in [1.29, 1.82) is 0 Å². The second-order valence-electron chi connectivity index (χ2n) is 4.17. The van der Waals surface area contributed by atoms with Crippen molar-refractivity contribution >= 4 is 44.8 Å². The highest BCUT2D eigenvalue weighted by Gasteiger charge is 2.11. The van der Waals surface area contributed by atoms with Gasteiger partial charge in [0, 0.05) is 11.0 Å². The molecule has 2 aromatic carbocycles. The van der Waals surface area contributed by atoms with Crippen LogP contribution in [0.15, 0.2) is 40.9 Å². The van der Waals surface area contributed by atoms with Crippen LogP contribution in [0.2, 0.25) is 10.0 Å². The zero-order valence-electron chi connectivity index (χ0n) is 10.2. The molecular weight excluding hydrogens is 368 g/mol. The van der Waals surface area contributed by atoms with E-state index in [1.807, 2.05) is 0 Å². The quantitative estimate of drug-likeness (QED) is 0.730. The van der Waals surface area contributed by atoms with Crippen molar-refractivity contribution in [2.75, 3.05) is 11.9 Å². The second kappa shape index (κ2) is 6.76. The Morgan fingerprint density at radius 3 is 2.40 bits per heavy atom. The number of aliphatic hydroxyl groups is 1. The lowest BCUT2D eigenvalue weighted by Gasteiger charge is -2.15. The van der Waals surface area contributed by atoms with Crippen LogP contribution in [0.25, 0.3) is 0 Å². The molecule has 2 N–H and O–H groups in total. The fraction of sp³-hybridized carbons (Fsp3) is 0.143. The minimum Gasteiger partial charge on any atom is -0.387 e. The predicted molar refractivity (Wildman–Crippen MR) is 84.0 cm³/mol. The van der Waals surface area contributed by atoms with Gasteiger partial charge in [0.15, 0.2) is 0 Å². The Kier molecular flexibility index (Phi) is 5.27. The molecule has 6 heteroatoms. The van der Waals surface area contributed by atoms with Crippen molar-refractivity contribution in [2.45, 2.75) is 6.10 Å². The van der Waals surface area contributed by atoms with E-state index >= 15 is 0 Å². The Labute approximate surface area is 134 Å². The third-order valence-corrected chi connectivity index (χ3v) is 4.55. The van der Waals surface area contributed by atoms with Crippen molar-refractivity contribution < 1.29 is 9.50 Å². The van der Waals surface area contributed by atoms with Gasteiger partial charge in [0.05, 0.1) is 21.8 Å². The topological polar surface area (TPSA) is 32.3 Å². The summed E-state index contributed by atoms with van der Waals surface area (Å²) >= 11 is 15.4. The van der Waals surface area contributed by atoms with Gasteiger partial charge in [-0.15, -0.1) is 0 Å². The van der Waals surface area contributed by atoms with Gasteiger partial charge in [0.1, 0.15) is 5.82 Å². The van der Waals surface area contributed by atoms with Crippen LogP contribution in [-0.4, -0.2) is 11.7 Å². The Morgan fingerprint density at radius 2 is 1.75 bits per heavy atom. The van der Waals surface area contributed by atoms with Gasteiger partial charge in [-0.1, -0.05) is 35.3 Å². The van der Waals surface area contributed by atoms with E-state index in [2.05, 4.69) is 21.2 Å². The molecule has 1 unspecified atom stereocenters. The highest BCUT2D eigenvalue weighted by Crippen LogP contribution is 2.36. The molecule has 0 spiro atoms. The predicted octanol–water partition coefficient (Wildman–Crippen LogP) is 5.04. The largest absolute Gasteiger partial charge is 0.387 e. The van der Waals surface area contributed by atoms with Crippen molar-refractivity contribution in [3.8, 4) is 0 Å². The SMILES string of the molecule is OC(CNc1ccc(Br)c(Cl)c1Cl)c1ccc(F)cc1. The Balaban J connectivity index is 2.05. The molecule has 2 rings (SSSR count). The van der Waals surface area contributed by atoms with Gasteiger partial charge in [-0.05, 0) is 45.8 Å². The summed E-state index contributed by atoms with van der Waals surface area (Å²) in [6.07, 6.45) is -0.769. The summed E-state index contributed by atoms with van der Waals surface area (Å²) in [7, 11) is 0. The van der Waals surface area contributed by atoms with E-state index in [0.29, 0.717) is 25.8 Å². The summed E-state index contributed by atoms with van der Waals surface area (Å²) in [6, 6.07) is 9.22. The highest BCUT2D eigenvalue weighted by atomic mass is 79.9. The zero-order valence-corrected chi connectivity index (χ0v) is 13.3. The van der Waals surface area contributed by atoms with Crippen molar-refractivity contribution in [3.63, 3.8) is 0 Å². The first kappa shape index (κ1) is 15.6. The number of anilines is 1. The number of hydrogen-bond acceptors (Lipinski definition) is 2.